The highest BCUT2D eigenvalue weighted by molar-refractivity contribution is 7.89. The number of carbonyl (C=O) groups is 1. The summed E-state index contributed by atoms with van der Waals surface area (Å²) in [6.07, 6.45) is -0.109. The Kier molecular flexibility index (Phi) is 3.31. The maximum absolute atomic E-state index is 11.8. The number of primary sulfonamides is 1. The molecule has 18 heavy (non-hydrogen) atoms. The van der Waals surface area contributed by atoms with E-state index in [9.17, 15) is 13.2 Å². The summed E-state index contributed by atoms with van der Waals surface area (Å²) >= 11 is 5.84. The van der Waals surface area contributed by atoms with Crippen LogP contribution in [-0.2, 0) is 14.8 Å². The predicted molar refractivity (Wildman–Crippen MR) is 67.8 cm³/mol. The smallest absolute Gasteiger partial charge is 0.229 e. The highest BCUT2D eigenvalue weighted by atomic mass is 35.5. The Morgan fingerprint density at radius 3 is 2.67 bits per heavy atom. The number of nitrogens with zero attached hydrogens (tertiary/aromatic N) is 2. The van der Waals surface area contributed by atoms with Crippen LogP contribution in [0.1, 0.15) is 12.1 Å². The largest absolute Gasteiger partial charge is 0.295 e. The summed E-state index contributed by atoms with van der Waals surface area (Å²) in [5.74, 6) is 0.0938. The lowest BCUT2D eigenvalue weighted by Gasteiger charge is -2.15. The van der Waals surface area contributed by atoms with Gasteiger partial charge in [-0.1, -0.05) is 11.6 Å². The summed E-state index contributed by atoms with van der Waals surface area (Å²) < 4.78 is 22.5. The van der Waals surface area contributed by atoms with Crippen molar-refractivity contribution in [2.24, 2.45) is 5.14 Å². The Balaban J connectivity index is 2.30. The van der Waals surface area contributed by atoms with Gasteiger partial charge in [0.25, 0.3) is 0 Å². The molecule has 1 saturated heterocycles. The Bertz CT molecular complexity index is 602. The first-order valence-electron chi connectivity index (χ1n) is 5.24. The quantitative estimate of drug-likeness (QED) is 0.855. The fraction of sp³-hybridized carbons (Fsp3) is 0.400. The summed E-state index contributed by atoms with van der Waals surface area (Å²) in [4.78, 5) is 17.2. The van der Waals surface area contributed by atoms with Crippen molar-refractivity contribution in [2.75, 3.05) is 11.4 Å². The first-order chi connectivity index (χ1) is 8.29. The van der Waals surface area contributed by atoms with Crippen LogP contribution in [0.4, 0.5) is 5.82 Å². The fourth-order valence-corrected chi connectivity index (χ4v) is 2.63. The minimum atomic E-state index is -3.71. The molecule has 98 valence electrons. The van der Waals surface area contributed by atoms with Gasteiger partial charge in [0.2, 0.25) is 15.9 Å². The van der Waals surface area contributed by atoms with Crippen molar-refractivity contribution < 1.29 is 13.2 Å². The monoisotopic (exact) mass is 289 g/mol. The van der Waals surface area contributed by atoms with Gasteiger partial charge < -0.3 is 0 Å². The van der Waals surface area contributed by atoms with Crippen LogP contribution < -0.4 is 10.0 Å². The molecule has 1 fully saturated rings. The molecule has 0 radical (unpaired) electrons. The van der Waals surface area contributed by atoms with E-state index >= 15 is 0 Å². The molecule has 1 aromatic heterocycles. The van der Waals surface area contributed by atoms with Crippen molar-refractivity contribution in [3.63, 3.8) is 0 Å². The molecule has 2 heterocycles. The lowest BCUT2D eigenvalue weighted by atomic mass is 10.3. The maximum Gasteiger partial charge on any atom is 0.229 e. The van der Waals surface area contributed by atoms with Crippen molar-refractivity contribution in [1.82, 2.24) is 4.98 Å². The standard InChI is InChI=1S/C10H12ClN3O3S/c1-6-8(11)2-3-9(13-6)14-5-7(4-10(14)15)18(12,16)17/h2-3,7H,4-5H2,1H3,(H2,12,16,17). The van der Waals surface area contributed by atoms with Gasteiger partial charge in [-0.3, -0.25) is 9.69 Å². The second-order valence-electron chi connectivity index (χ2n) is 4.16. The molecule has 1 aliphatic rings. The molecule has 1 aliphatic heterocycles. The Labute approximate surface area is 110 Å². The summed E-state index contributed by atoms with van der Waals surface area (Å²) in [5.41, 5.74) is 0.584. The number of pyridine rings is 1. The van der Waals surface area contributed by atoms with Crippen LogP contribution >= 0.6 is 11.6 Å². The predicted octanol–water partition coefficient (Wildman–Crippen LogP) is 0.437. The van der Waals surface area contributed by atoms with Gasteiger partial charge in [-0.15, -0.1) is 0 Å². The number of rotatable bonds is 2. The van der Waals surface area contributed by atoms with Crippen LogP contribution in [0.5, 0.6) is 0 Å². The highest BCUT2D eigenvalue weighted by Crippen LogP contribution is 2.24. The average molecular weight is 290 g/mol. The van der Waals surface area contributed by atoms with E-state index in [1.807, 2.05) is 0 Å². The first-order valence-corrected chi connectivity index (χ1v) is 7.23. The van der Waals surface area contributed by atoms with Crippen molar-refractivity contribution in [3.05, 3.63) is 22.8 Å². The number of hydrogen-bond acceptors (Lipinski definition) is 4. The summed E-state index contributed by atoms with van der Waals surface area (Å²) in [5, 5.41) is 4.67. The van der Waals surface area contributed by atoms with Gasteiger partial charge in [-0.2, -0.15) is 0 Å². The zero-order chi connectivity index (χ0) is 13.5. The van der Waals surface area contributed by atoms with Crippen molar-refractivity contribution in [2.45, 2.75) is 18.6 Å². The van der Waals surface area contributed by atoms with Crippen LogP contribution in [0.25, 0.3) is 0 Å². The third-order valence-corrected chi connectivity index (χ3v) is 4.48. The number of hydrogen-bond donors (Lipinski definition) is 1. The molecule has 0 aromatic carbocycles. The lowest BCUT2D eigenvalue weighted by Crippen LogP contribution is -2.32. The minimum Gasteiger partial charge on any atom is -0.295 e. The molecule has 0 bridgehead atoms. The molecule has 1 atom stereocenters. The summed E-state index contributed by atoms with van der Waals surface area (Å²) in [6, 6.07) is 3.20. The minimum absolute atomic E-state index is 0.0335. The fourth-order valence-electron chi connectivity index (χ4n) is 1.80. The normalized spacial score (nSPS) is 20.5. The van der Waals surface area contributed by atoms with E-state index in [0.29, 0.717) is 16.5 Å². The van der Waals surface area contributed by atoms with E-state index in [2.05, 4.69) is 4.98 Å². The first kappa shape index (κ1) is 13.3. The van der Waals surface area contributed by atoms with Crippen molar-refractivity contribution in [1.29, 1.82) is 0 Å². The van der Waals surface area contributed by atoms with Gasteiger partial charge in [0, 0.05) is 13.0 Å². The molecule has 8 heteroatoms. The second kappa shape index (κ2) is 4.49. The number of anilines is 1. The molecular weight excluding hydrogens is 278 g/mol. The Morgan fingerprint density at radius 1 is 1.50 bits per heavy atom. The average Bonchev–Trinajstić information content (AvgIpc) is 2.64. The number of halogens is 1. The van der Waals surface area contributed by atoms with Gasteiger partial charge in [0.15, 0.2) is 0 Å². The molecule has 0 saturated carbocycles. The number of carbonyl (C=O) groups excluding carboxylic acids is 1. The summed E-state index contributed by atoms with van der Waals surface area (Å²) in [6.45, 7) is 1.75. The number of sulfonamides is 1. The van der Waals surface area contributed by atoms with Crippen molar-refractivity contribution in [3.8, 4) is 0 Å². The van der Waals surface area contributed by atoms with Crippen molar-refractivity contribution >= 4 is 33.3 Å². The van der Waals surface area contributed by atoms with Gasteiger partial charge in [-0.05, 0) is 19.1 Å². The van der Waals surface area contributed by atoms with E-state index in [1.54, 1.807) is 19.1 Å². The molecule has 6 nitrogen and oxygen atoms in total. The molecule has 1 amide bonds. The van der Waals surface area contributed by atoms with E-state index < -0.39 is 15.3 Å². The molecule has 1 aromatic rings. The second-order valence-corrected chi connectivity index (χ2v) is 6.41. The number of aryl methyl sites for hydroxylation is 1. The third-order valence-electron chi connectivity index (χ3n) is 2.84. The van der Waals surface area contributed by atoms with Crippen LogP contribution in [0.15, 0.2) is 12.1 Å². The SMILES string of the molecule is Cc1nc(N2CC(S(N)(=O)=O)CC2=O)ccc1Cl. The molecule has 2 N–H and O–H groups in total. The Morgan fingerprint density at radius 2 is 2.17 bits per heavy atom. The van der Waals surface area contributed by atoms with Gasteiger partial charge in [0.1, 0.15) is 11.1 Å². The molecular formula is C10H12ClN3O3S. The zero-order valence-corrected chi connectivity index (χ0v) is 11.2. The Hall–Kier alpha value is -1.18. The number of aromatic nitrogens is 1. The molecule has 0 spiro atoms. The van der Waals surface area contributed by atoms with E-state index in [-0.39, 0.29) is 18.9 Å². The van der Waals surface area contributed by atoms with Crippen LogP contribution in [0.2, 0.25) is 5.02 Å². The van der Waals surface area contributed by atoms with Crippen LogP contribution in [-0.4, -0.2) is 31.1 Å². The summed E-state index contributed by atoms with van der Waals surface area (Å²) in [7, 11) is -3.71. The lowest BCUT2D eigenvalue weighted by molar-refractivity contribution is -0.117. The number of nitrogens with two attached hydrogens (primary N) is 1. The van der Waals surface area contributed by atoms with Crippen LogP contribution in [0, 0.1) is 6.92 Å². The van der Waals surface area contributed by atoms with Gasteiger partial charge in [0.05, 0.1) is 10.7 Å². The maximum atomic E-state index is 11.8. The zero-order valence-electron chi connectivity index (χ0n) is 9.63. The third kappa shape index (κ3) is 2.47. The molecule has 0 aliphatic carbocycles. The number of amides is 1. The molecule has 1 unspecified atom stereocenters. The van der Waals surface area contributed by atoms with Gasteiger partial charge >= 0.3 is 0 Å². The van der Waals surface area contributed by atoms with Gasteiger partial charge in [-0.25, -0.2) is 18.5 Å². The topological polar surface area (TPSA) is 93.4 Å². The van der Waals surface area contributed by atoms with E-state index in [1.165, 1.54) is 4.90 Å². The highest BCUT2D eigenvalue weighted by Gasteiger charge is 2.37. The van der Waals surface area contributed by atoms with E-state index in [0.717, 1.165) is 0 Å². The molecule has 2 rings (SSSR count). The van der Waals surface area contributed by atoms with Crippen LogP contribution in [0.3, 0.4) is 0 Å². The van der Waals surface area contributed by atoms with E-state index in [4.69, 9.17) is 16.7 Å².